The zero-order chi connectivity index (χ0) is 18.5. The molecule has 0 atom stereocenters. The molecule has 0 saturated carbocycles. The largest absolute Gasteiger partial charge is 0.366 e. The van der Waals surface area contributed by atoms with Gasteiger partial charge in [-0.25, -0.2) is 0 Å². The Morgan fingerprint density at radius 2 is 1.81 bits per heavy atom. The molecular formula is C20H19N3O3. The number of amides is 3. The molecule has 1 aliphatic heterocycles. The lowest BCUT2D eigenvalue weighted by Crippen LogP contribution is -2.23. The molecule has 2 aromatic carbocycles. The Kier molecular flexibility index (Phi) is 5.12. The predicted octanol–water partition coefficient (Wildman–Crippen LogP) is 2.56. The van der Waals surface area contributed by atoms with E-state index in [1.165, 1.54) is 6.08 Å². The van der Waals surface area contributed by atoms with E-state index in [1.54, 1.807) is 35.2 Å². The number of nitrogens with one attached hydrogen (secondary N) is 1. The second-order valence-corrected chi connectivity index (χ2v) is 5.97. The van der Waals surface area contributed by atoms with Crippen molar-refractivity contribution in [1.29, 1.82) is 0 Å². The Balaban J connectivity index is 1.65. The summed E-state index contributed by atoms with van der Waals surface area (Å²) in [5.41, 5.74) is 7.62. The number of nitrogens with zero attached hydrogens (tertiary/aromatic N) is 1. The number of hydrogen-bond donors (Lipinski definition) is 2. The standard InChI is InChI=1S/C20H19N3O3/c21-20(26)16-4-1-2-5-17(16)22-18(24)12-9-14-7-10-15(11-8-14)23-13-3-6-19(23)25/h1-2,4-5,7-12H,3,6,13H2,(H2,21,26)(H,22,24)/b12-9+. The second kappa shape index (κ2) is 7.65. The molecule has 0 radical (unpaired) electrons. The topological polar surface area (TPSA) is 92.5 Å². The van der Waals surface area contributed by atoms with Gasteiger partial charge >= 0.3 is 0 Å². The number of carbonyl (C=O) groups is 3. The Bertz CT molecular complexity index is 872. The molecule has 0 spiro atoms. The summed E-state index contributed by atoms with van der Waals surface area (Å²) in [6, 6.07) is 14.0. The average molecular weight is 349 g/mol. The molecular weight excluding hydrogens is 330 g/mol. The fourth-order valence-electron chi connectivity index (χ4n) is 2.84. The third-order valence-electron chi connectivity index (χ3n) is 4.16. The molecule has 26 heavy (non-hydrogen) atoms. The first kappa shape index (κ1) is 17.4. The minimum atomic E-state index is -0.600. The van der Waals surface area contributed by atoms with Crippen molar-refractivity contribution < 1.29 is 14.4 Å². The molecule has 0 bridgehead atoms. The predicted molar refractivity (Wildman–Crippen MR) is 101 cm³/mol. The Labute approximate surface area is 151 Å². The zero-order valence-electron chi connectivity index (χ0n) is 14.1. The number of benzene rings is 2. The molecule has 0 aliphatic carbocycles. The SMILES string of the molecule is NC(=O)c1ccccc1NC(=O)/C=C/c1ccc(N2CCCC2=O)cc1. The molecule has 3 rings (SSSR count). The van der Waals surface area contributed by atoms with Gasteiger partial charge in [-0.2, -0.15) is 0 Å². The maximum absolute atomic E-state index is 12.1. The molecule has 1 fully saturated rings. The summed E-state index contributed by atoms with van der Waals surface area (Å²) < 4.78 is 0. The highest BCUT2D eigenvalue weighted by atomic mass is 16.2. The molecule has 6 nitrogen and oxygen atoms in total. The highest BCUT2D eigenvalue weighted by molar-refractivity contribution is 6.07. The van der Waals surface area contributed by atoms with Crippen LogP contribution in [0.3, 0.4) is 0 Å². The third kappa shape index (κ3) is 3.97. The van der Waals surface area contributed by atoms with E-state index >= 15 is 0 Å². The molecule has 3 amide bonds. The molecule has 0 aromatic heterocycles. The highest BCUT2D eigenvalue weighted by Gasteiger charge is 2.21. The van der Waals surface area contributed by atoms with Crippen LogP contribution in [0, 0.1) is 0 Å². The number of rotatable bonds is 5. The molecule has 1 aliphatic rings. The van der Waals surface area contributed by atoms with Gasteiger partial charge in [-0.1, -0.05) is 24.3 Å². The van der Waals surface area contributed by atoms with Crippen molar-refractivity contribution in [3.8, 4) is 0 Å². The number of anilines is 2. The summed E-state index contributed by atoms with van der Waals surface area (Å²) >= 11 is 0. The van der Waals surface area contributed by atoms with Crippen LogP contribution < -0.4 is 16.0 Å². The number of nitrogens with two attached hydrogens (primary N) is 1. The first-order valence-corrected chi connectivity index (χ1v) is 8.33. The van der Waals surface area contributed by atoms with Crippen molar-refractivity contribution in [3.05, 3.63) is 65.7 Å². The summed E-state index contributed by atoms with van der Waals surface area (Å²) in [4.78, 5) is 37.0. The van der Waals surface area contributed by atoms with Crippen molar-refractivity contribution in [2.24, 2.45) is 5.73 Å². The van der Waals surface area contributed by atoms with Crippen LogP contribution in [-0.2, 0) is 9.59 Å². The molecule has 0 unspecified atom stereocenters. The van der Waals surface area contributed by atoms with Crippen molar-refractivity contribution in [2.75, 3.05) is 16.8 Å². The van der Waals surface area contributed by atoms with Crippen molar-refractivity contribution in [3.63, 3.8) is 0 Å². The fraction of sp³-hybridized carbons (Fsp3) is 0.150. The highest BCUT2D eigenvalue weighted by Crippen LogP contribution is 2.22. The zero-order valence-corrected chi connectivity index (χ0v) is 14.1. The van der Waals surface area contributed by atoms with Crippen LogP contribution in [0.1, 0.15) is 28.8 Å². The summed E-state index contributed by atoms with van der Waals surface area (Å²) in [5.74, 6) is -0.824. The number of carbonyl (C=O) groups excluding carboxylic acids is 3. The smallest absolute Gasteiger partial charge is 0.250 e. The summed E-state index contributed by atoms with van der Waals surface area (Å²) in [6.45, 7) is 0.746. The van der Waals surface area contributed by atoms with Crippen LogP contribution in [-0.4, -0.2) is 24.3 Å². The van der Waals surface area contributed by atoms with Crippen molar-refractivity contribution in [2.45, 2.75) is 12.8 Å². The van der Waals surface area contributed by atoms with Crippen molar-refractivity contribution >= 4 is 35.2 Å². The Morgan fingerprint density at radius 3 is 2.46 bits per heavy atom. The van der Waals surface area contributed by atoms with Gasteiger partial charge in [0.2, 0.25) is 11.8 Å². The van der Waals surface area contributed by atoms with Gasteiger partial charge in [0.25, 0.3) is 5.91 Å². The minimum Gasteiger partial charge on any atom is -0.366 e. The van der Waals surface area contributed by atoms with Gasteiger partial charge in [0.1, 0.15) is 0 Å². The first-order chi connectivity index (χ1) is 12.5. The van der Waals surface area contributed by atoms with Gasteiger partial charge in [-0.15, -0.1) is 0 Å². The second-order valence-electron chi connectivity index (χ2n) is 5.97. The van der Waals surface area contributed by atoms with Gasteiger partial charge in [0.05, 0.1) is 11.3 Å². The van der Waals surface area contributed by atoms with Crippen LogP contribution in [0.25, 0.3) is 6.08 Å². The van der Waals surface area contributed by atoms with Gasteiger partial charge < -0.3 is 16.0 Å². The van der Waals surface area contributed by atoms with E-state index in [4.69, 9.17) is 5.73 Å². The lowest BCUT2D eigenvalue weighted by Gasteiger charge is -2.15. The summed E-state index contributed by atoms with van der Waals surface area (Å²) in [7, 11) is 0. The number of primary amides is 1. The normalized spacial score (nSPS) is 14.0. The van der Waals surface area contributed by atoms with E-state index in [0.29, 0.717) is 12.1 Å². The maximum Gasteiger partial charge on any atom is 0.250 e. The van der Waals surface area contributed by atoms with Gasteiger partial charge in [0.15, 0.2) is 0 Å². The monoisotopic (exact) mass is 349 g/mol. The van der Waals surface area contributed by atoms with Gasteiger partial charge in [0, 0.05) is 24.7 Å². The van der Waals surface area contributed by atoms with Crippen LogP contribution >= 0.6 is 0 Å². The number of hydrogen-bond acceptors (Lipinski definition) is 3. The molecule has 6 heteroatoms. The molecule has 132 valence electrons. The number of para-hydroxylation sites is 1. The summed E-state index contributed by atoms with van der Waals surface area (Å²) in [5, 5.41) is 2.64. The van der Waals surface area contributed by atoms with Crippen LogP contribution in [0.15, 0.2) is 54.6 Å². The Morgan fingerprint density at radius 1 is 1.08 bits per heavy atom. The van der Waals surface area contributed by atoms with E-state index in [0.717, 1.165) is 24.2 Å². The molecule has 2 aromatic rings. The van der Waals surface area contributed by atoms with Crippen molar-refractivity contribution in [1.82, 2.24) is 0 Å². The lowest BCUT2D eigenvalue weighted by atomic mass is 10.1. The van der Waals surface area contributed by atoms with Crippen LogP contribution in [0.2, 0.25) is 0 Å². The summed E-state index contributed by atoms with van der Waals surface area (Å²) in [6.07, 6.45) is 4.52. The first-order valence-electron chi connectivity index (χ1n) is 8.33. The average Bonchev–Trinajstić information content (AvgIpc) is 3.07. The minimum absolute atomic E-state index is 0.140. The van der Waals surface area contributed by atoms with Crippen LogP contribution in [0.5, 0.6) is 0 Å². The quantitative estimate of drug-likeness (QED) is 0.813. The Hall–Kier alpha value is -3.41. The van der Waals surface area contributed by atoms with E-state index < -0.39 is 5.91 Å². The fourth-order valence-corrected chi connectivity index (χ4v) is 2.84. The van der Waals surface area contributed by atoms with E-state index in [9.17, 15) is 14.4 Å². The van der Waals surface area contributed by atoms with Gasteiger partial charge in [-0.3, -0.25) is 14.4 Å². The van der Waals surface area contributed by atoms with E-state index in [1.807, 2.05) is 24.3 Å². The molecule has 3 N–H and O–H groups in total. The van der Waals surface area contributed by atoms with Crippen LogP contribution in [0.4, 0.5) is 11.4 Å². The third-order valence-corrected chi connectivity index (χ3v) is 4.16. The van der Waals surface area contributed by atoms with E-state index in [-0.39, 0.29) is 17.4 Å². The maximum atomic E-state index is 12.1. The van der Waals surface area contributed by atoms with Gasteiger partial charge in [-0.05, 0) is 42.3 Å². The lowest BCUT2D eigenvalue weighted by molar-refractivity contribution is -0.117. The van der Waals surface area contributed by atoms with E-state index in [2.05, 4.69) is 5.32 Å². The molecule has 1 saturated heterocycles. The molecule has 1 heterocycles.